The highest BCUT2D eigenvalue weighted by Gasteiger charge is 2.31. The van der Waals surface area contributed by atoms with E-state index in [1.54, 1.807) is 0 Å². The number of hydrogen-bond donors (Lipinski definition) is 1. The maximum absolute atomic E-state index is 11.7. The van der Waals surface area contributed by atoms with Crippen molar-refractivity contribution in [3.8, 4) is 22.9 Å². The number of carbonyl (C=O) groups excluding carboxylic acids is 1. The van der Waals surface area contributed by atoms with Crippen molar-refractivity contribution in [2.75, 3.05) is 14.2 Å². The summed E-state index contributed by atoms with van der Waals surface area (Å²) in [5.41, 5.74) is 6.66. The first kappa shape index (κ1) is 23.5. The lowest BCUT2D eigenvalue weighted by Gasteiger charge is -2.14. The number of hydrogen-bond acceptors (Lipinski definition) is 8. The third-order valence-corrected chi connectivity index (χ3v) is 6.98. The van der Waals surface area contributed by atoms with E-state index in [0.717, 1.165) is 34.0 Å². The van der Waals surface area contributed by atoms with E-state index in [1.165, 1.54) is 26.0 Å². The number of methoxy groups -OCH3 is 2. The summed E-state index contributed by atoms with van der Waals surface area (Å²) >= 11 is 5.24. The van der Waals surface area contributed by atoms with Gasteiger partial charge in [-0.2, -0.15) is 9.97 Å². The molecule has 3 aromatic rings. The van der Waals surface area contributed by atoms with E-state index in [2.05, 4.69) is 55.6 Å². The first-order chi connectivity index (χ1) is 16.1. The molecule has 172 valence electrons. The van der Waals surface area contributed by atoms with Gasteiger partial charge in [-0.15, -0.1) is 5.48 Å². The number of hydroxylamine groups is 1. The summed E-state index contributed by atoms with van der Waals surface area (Å²) < 4.78 is 12.0. The van der Waals surface area contributed by atoms with Crippen LogP contribution in [0.4, 0.5) is 0 Å². The van der Waals surface area contributed by atoms with E-state index < -0.39 is 0 Å². The Labute approximate surface area is 205 Å². The molecule has 1 aromatic heterocycles. The van der Waals surface area contributed by atoms with E-state index in [4.69, 9.17) is 14.3 Å². The Kier molecular flexibility index (Phi) is 7.85. The summed E-state index contributed by atoms with van der Waals surface area (Å²) in [7, 11) is 3.08. The molecular formula is C24H24BrN3O4S. The minimum absolute atomic E-state index is 0.0102. The summed E-state index contributed by atoms with van der Waals surface area (Å²) in [5.74, 6) is 1.16. The van der Waals surface area contributed by atoms with Gasteiger partial charge in [0, 0.05) is 10.2 Å². The highest BCUT2D eigenvalue weighted by Crippen LogP contribution is 2.35. The van der Waals surface area contributed by atoms with Crippen molar-refractivity contribution in [2.45, 2.75) is 30.3 Å². The summed E-state index contributed by atoms with van der Waals surface area (Å²) in [6, 6.07) is 16.4. The maximum atomic E-state index is 11.7. The lowest BCUT2D eigenvalue weighted by atomic mass is 10.0. The molecule has 1 fully saturated rings. The van der Waals surface area contributed by atoms with E-state index in [9.17, 15) is 4.79 Å². The molecule has 1 aliphatic carbocycles. The average molecular weight is 530 g/mol. The standard InChI is InChI=1S/C24H24BrN3O4S/c1-30-21-19(13-26-32-23(29)16-11-12-16)22(31-2)28-24(27-21)33-14-17-9-6-10-18(20(17)25)15-7-4-3-5-8-15/h3-10,16,26H,11-14H2,1-2H3. The number of ether oxygens (including phenoxy) is 2. The quantitative estimate of drug-likeness (QED) is 0.218. The van der Waals surface area contributed by atoms with Crippen LogP contribution in [0.5, 0.6) is 11.8 Å². The molecule has 0 amide bonds. The van der Waals surface area contributed by atoms with Crippen molar-refractivity contribution < 1.29 is 19.1 Å². The number of nitrogens with zero attached hydrogens (tertiary/aromatic N) is 2. The van der Waals surface area contributed by atoms with Gasteiger partial charge in [-0.05, 0) is 45.5 Å². The lowest BCUT2D eigenvalue weighted by molar-refractivity contribution is -0.153. The highest BCUT2D eigenvalue weighted by molar-refractivity contribution is 9.10. The largest absolute Gasteiger partial charge is 0.481 e. The summed E-state index contributed by atoms with van der Waals surface area (Å²) in [6.45, 7) is 0.181. The van der Waals surface area contributed by atoms with Crippen molar-refractivity contribution in [3.63, 3.8) is 0 Å². The first-order valence-corrected chi connectivity index (χ1v) is 12.3. The Morgan fingerprint density at radius 3 is 2.39 bits per heavy atom. The van der Waals surface area contributed by atoms with E-state index >= 15 is 0 Å². The normalized spacial score (nSPS) is 12.9. The zero-order chi connectivity index (χ0) is 23.2. The van der Waals surface area contributed by atoms with Crippen LogP contribution in [0, 0.1) is 5.92 Å². The number of aromatic nitrogens is 2. The van der Waals surface area contributed by atoms with Crippen LogP contribution in [0.25, 0.3) is 11.1 Å². The summed E-state index contributed by atoms with van der Waals surface area (Å²) in [5, 5.41) is 0.527. The molecule has 1 saturated carbocycles. The third-order valence-electron chi connectivity index (χ3n) is 5.15. The fourth-order valence-electron chi connectivity index (χ4n) is 3.23. The minimum Gasteiger partial charge on any atom is -0.481 e. The van der Waals surface area contributed by atoms with Gasteiger partial charge in [-0.25, -0.2) is 0 Å². The van der Waals surface area contributed by atoms with Crippen LogP contribution in [0.2, 0.25) is 0 Å². The second kappa shape index (κ2) is 11.0. The molecule has 33 heavy (non-hydrogen) atoms. The van der Waals surface area contributed by atoms with Crippen LogP contribution in [0.3, 0.4) is 0 Å². The zero-order valence-electron chi connectivity index (χ0n) is 18.3. The van der Waals surface area contributed by atoms with E-state index in [-0.39, 0.29) is 18.4 Å². The fraction of sp³-hybridized carbons (Fsp3) is 0.292. The lowest BCUT2D eigenvalue weighted by Crippen LogP contribution is -2.21. The van der Waals surface area contributed by atoms with Gasteiger partial charge in [0.2, 0.25) is 11.8 Å². The molecule has 1 N–H and O–H groups in total. The molecule has 0 radical (unpaired) electrons. The molecule has 0 aliphatic heterocycles. The molecule has 0 bridgehead atoms. The van der Waals surface area contributed by atoms with Crippen molar-refractivity contribution in [1.82, 2.24) is 15.4 Å². The smallest absolute Gasteiger partial charge is 0.327 e. The predicted octanol–water partition coefficient (Wildman–Crippen LogP) is 5.17. The number of carbonyl (C=O) groups is 1. The number of halogens is 1. The number of benzene rings is 2. The van der Waals surface area contributed by atoms with E-state index in [0.29, 0.717) is 28.2 Å². The topological polar surface area (TPSA) is 82.6 Å². The summed E-state index contributed by atoms with van der Waals surface area (Å²) in [4.78, 5) is 25.9. The van der Waals surface area contributed by atoms with Crippen molar-refractivity contribution in [3.05, 3.63) is 64.1 Å². The molecule has 4 rings (SSSR count). The van der Waals surface area contributed by atoms with Gasteiger partial charge in [0.15, 0.2) is 5.16 Å². The van der Waals surface area contributed by atoms with Crippen molar-refractivity contribution in [2.24, 2.45) is 5.92 Å². The summed E-state index contributed by atoms with van der Waals surface area (Å²) in [6.07, 6.45) is 1.76. The molecule has 1 heterocycles. The Balaban J connectivity index is 1.47. The van der Waals surface area contributed by atoms with Crippen LogP contribution < -0.4 is 15.0 Å². The molecule has 2 aromatic carbocycles. The van der Waals surface area contributed by atoms with Crippen LogP contribution in [-0.4, -0.2) is 30.2 Å². The van der Waals surface area contributed by atoms with Crippen LogP contribution in [0.15, 0.2) is 58.2 Å². The Morgan fingerprint density at radius 1 is 1.06 bits per heavy atom. The first-order valence-electron chi connectivity index (χ1n) is 10.5. The van der Waals surface area contributed by atoms with E-state index in [1.807, 2.05) is 24.3 Å². The van der Waals surface area contributed by atoms with Gasteiger partial charge in [0.05, 0.1) is 32.2 Å². The molecule has 1 aliphatic rings. The van der Waals surface area contributed by atoms with Gasteiger partial charge in [0.1, 0.15) is 0 Å². The van der Waals surface area contributed by atoms with Crippen LogP contribution >= 0.6 is 27.7 Å². The molecular weight excluding hydrogens is 506 g/mol. The average Bonchev–Trinajstić information content (AvgIpc) is 3.70. The van der Waals surface area contributed by atoms with Crippen molar-refractivity contribution >= 4 is 33.7 Å². The SMILES string of the molecule is COc1nc(SCc2cccc(-c3ccccc3)c2Br)nc(OC)c1CNOC(=O)C1CC1. The Morgan fingerprint density at radius 2 is 1.76 bits per heavy atom. The fourth-order valence-corrected chi connectivity index (χ4v) is 4.87. The zero-order valence-corrected chi connectivity index (χ0v) is 20.7. The predicted molar refractivity (Wildman–Crippen MR) is 130 cm³/mol. The Bertz CT molecular complexity index is 1100. The van der Waals surface area contributed by atoms with Crippen LogP contribution in [0.1, 0.15) is 24.0 Å². The maximum Gasteiger partial charge on any atom is 0.327 e. The third kappa shape index (κ3) is 5.85. The molecule has 0 spiro atoms. The Hall–Kier alpha value is -2.62. The molecule has 0 saturated heterocycles. The van der Waals surface area contributed by atoms with Gasteiger partial charge in [-0.1, -0.05) is 60.3 Å². The highest BCUT2D eigenvalue weighted by atomic mass is 79.9. The van der Waals surface area contributed by atoms with Gasteiger partial charge in [-0.3, -0.25) is 4.79 Å². The van der Waals surface area contributed by atoms with Crippen molar-refractivity contribution in [1.29, 1.82) is 0 Å². The molecule has 9 heteroatoms. The van der Waals surface area contributed by atoms with Gasteiger partial charge < -0.3 is 14.3 Å². The molecule has 0 unspecified atom stereocenters. The number of rotatable bonds is 10. The minimum atomic E-state index is -0.246. The van der Waals surface area contributed by atoms with Crippen LogP contribution in [-0.2, 0) is 21.9 Å². The molecule has 7 nitrogen and oxygen atoms in total. The molecule has 0 atom stereocenters. The second-order valence-corrected chi connectivity index (χ2v) is 9.19. The number of thioether (sulfide) groups is 1. The number of nitrogens with one attached hydrogen (secondary N) is 1. The second-order valence-electron chi connectivity index (χ2n) is 7.45. The van der Waals surface area contributed by atoms with Gasteiger partial charge in [0.25, 0.3) is 0 Å². The monoisotopic (exact) mass is 529 g/mol. The van der Waals surface area contributed by atoms with Gasteiger partial charge >= 0.3 is 5.97 Å².